The summed E-state index contributed by atoms with van der Waals surface area (Å²) in [5, 5.41) is 6.11. The lowest BCUT2D eigenvalue weighted by Crippen LogP contribution is -2.45. The van der Waals surface area contributed by atoms with E-state index in [1.165, 1.54) is 0 Å². The van der Waals surface area contributed by atoms with Gasteiger partial charge in [-0.25, -0.2) is 4.79 Å². The molecule has 2 aromatic carbocycles. The van der Waals surface area contributed by atoms with E-state index in [-0.39, 0.29) is 11.9 Å². The topological polar surface area (TPSA) is 70.7 Å². The van der Waals surface area contributed by atoms with Gasteiger partial charge in [0.05, 0.1) is 12.2 Å². The van der Waals surface area contributed by atoms with Crippen molar-refractivity contribution >= 4 is 34.9 Å². The van der Waals surface area contributed by atoms with Crippen LogP contribution in [0.5, 0.6) is 5.75 Å². The van der Waals surface area contributed by atoms with Gasteiger partial charge >= 0.3 is 6.03 Å². The van der Waals surface area contributed by atoms with Crippen molar-refractivity contribution in [3.05, 3.63) is 53.1 Å². The van der Waals surface area contributed by atoms with Crippen molar-refractivity contribution in [1.29, 1.82) is 0 Å². The first-order valence-corrected chi connectivity index (χ1v) is 9.89. The number of benzene rings is 2. The largest absolute Gasteiger partial charge is 0.493 e. The van der Waals surface area contributed by atoms with Crippen molar-refractivity contribution in [2.75, 3.05) is 23.8 Å². The Morgan fingerprint density at radius 1 is 1.04 bits per heavy atom. The van der Waals surface area contributed by atoms with Crippen LogP contribution in [0.15, 0.2) is 42.5 Å². The third-order valence-corrected chi connectivity index (χ3v) is 5.42. The molecule has 0 radical (unpaired) electrons. The van der Waals surface area contributed by atoms with Crippen LogP contribution in [-0.2, 0) is 0 Å². The molecule has 7 heteroatoms. The standard InChI is InChI=1S/C21H22ClN3O3/c22-14-4-6-15(7-5-14)23-21(27)24-16-8-9-19-18(13-16)20(26)25-11-2-1-3-17(25)10-12-28-19/h4-9,13,17H,1-3,10-12H2,(H2,23,24,27). The van der Waals surface area contributed by atoms with Crippen molar-refractivity contribution < 1.29 is 14.3 Å². The summed E-state index contributed by atoms with van der Waals surface area (Å²) < 4.78 is 5.83. The molecule has 2 N–H and O–H groups in total. The number of carbonyl (C=O) groups is 2. The van der Waals surface area contributed by atoms with Gasteiger partial charge in [-0.15, -0.1) is 0 Å². The quantitative estimate of drug-likeness (QED) is 0.764. The minimum atomic E-state index is -0.391. The number of urea groups is 1. The highest BCUT2D eigenvalue weighted by Gasteiger charge is 2.31. The molecule has 0 aliphatic carbocycles. The molecule has 0 saturated carbocycles. The smallest absolute Gasteiger partial charge is 0.323 e. The Morgan fingerprint density at radius 2 is 1.79 bits per heavy atom. The van der Waals surface area contributed by atoms with Crippen LogP contribution in [0.25, 0.3) is 0 Å². The molecule has 1 unspecified atom stereocenters. The molecule has 1 saturated heterocycles. The zero-order valence-electron chi connectivity index (χ0n) is 15.4. The molecule has 2 aromatic rings. The zero-order chi connectivity index (χ0) is 19.5. The fourth-order valence-corrected chi connectivity index (χ4v) is 3.88. The first-order valence-electron chi connectivity index (χ1n) is 9.51. The van der Waals surface area contributed by atoms with Crippen molar-refractivity contribution in [3.8, 4) is 5.75 Å². The highest BCUT2D eigenvalue weighted by molar-refractivity contribution is 6.30. The molecule has 1 atom stereocenters. The van der Waals surface area contributed by atoms with Crippen LogP contribution in [0.2, 0.25) is 5.02 Å². The molecule has 3 amide bonds. The van der Waals surface area contributed by atoms with E-state index in [9.17, 15) is 9.59 Å². The summed E-state index contributed by atoms with van der Waals surface area (Å²) in [5.74, 6) is 0.541. The highest BCUT2D eigenvalue weighted by atomic mass is 35.5. The van der Waals surface area contributed by atoms with Gasteiger partial charge in [0, 0.05) is 35.4 Å². The maximum Gasteiger partial charge on any atom is 0.323 e. The second-order valence-electron chi connectivity index (χ2n) is 7.08. The molecule has 0 spiro atoms. The van der Waals surface area contributed by atoms with Crippen LogP contribution < -0.4 is 15.4 Å². The van der Waals surface area contributed by atoms with Crippen LogP contribution in [0.1, 0.15) is 36.0 Å². The molecule has 0 bridgehead atoms. The van der Waals surface area contributed by atoms with Gasteiger partial charge < -0.3 is 20.3 Å². The third kappa shape index (κ3) is 4.07. The van der Waals surface area contributed by atoms with Crippen molar-refractivity contribution in [1.82, 2.24) is 4.90 Å². The van der Waals surface area contributed by atoms with Crippen LogP contribution in [0.3, 0.4) is 0 Å². The molecular weight excluding hydrogens is 378 g/mol. The summed E-state index contributed by atoms with van der Waals surface area (Å²) in [5.41, 5.74) is 1.66. The predicted octanol–water partition coefficient (Wildman–Crippen LogP) is 4.76. The minimum Gasteiger partial charge on any atom is -0.493 e. The summed E-state index contributed by atoms with van der Waals surface area (Å²) in [6.07, 6.45) is 4.05. The van der Waals surface area contributed by atoms with Gasteiger partial charge in [-0.3, -0.25) is 4.79 Å². The molecular formula is C21H22ClN3O3. The summed E-state index contributed by atoms with van der Waals surface area (Å²) in [7, 11) is 0. The van der Waals surface area contributed by atoms with Crippen molar-refractivity contribution in [3.63, 3.8) is 0 Å². The van der Waals surface area contributed by atoms with E-state index in [0.29, 0.717) is 34.3 Å². The van der Waals surface area contributed by atoms with Crippen LogP contribution in [-0.4, -0.2) is 36.0 Å². The lowest BCUT2D eigenvalue weighted by Gasteiger charge is -2.37. The zero-order valence-corrected chi connectivity index (χ0v) is 16.2. The molecule has 2 heterocycles. The monoisotopic (exact) mass is 399 g/mol. The van der Waals surface area contributed by atoms with Crippen molar-refractivity contribution in [2.45, 2.75) is 31.7 Å². The maximum absolute atomic E-state index is 13.1. The predicted molar refractivity (Wildman–Crippen MR) is 109 cm³/mol. The Bertz CT molecular complexity index is 885. The summed E-state index contributed by atoms with van der Waals surface area (Å²) in [6.45, 7) is 1.36. The van der Waals surface area contributed by atoms with Gasteiger partial charge in [0.25, 0.3) is 5.91 Å². The molecule has 6 nitrogen and oxygen atoms in total. The Morgan fingerprint density at radius 3 is 2.61 bits per heavy atom. The molecule has 4 rings (SSSR count). The summed E-state index contributed by atoms with van der Waals surface area (Å²) in [4.78, 5) is 27.3. The number of fused-ring (bicyclic) bond motifs is 2. The lowest BCUT2D eigenvalue weighted by molar-refractivity contribution is 0.0548. The van der Waals surface area contributed by atoms with E-state index in [1.54, 1.807) is 42.5 Å². The minimum absolute atomic E-state index is 0.0267. The number of nitrogens with one attached hydrogen (secondary N) is 2. The number of rotatable bonds is 2. The number of piperidine rings is 1. The molecule has 2 aliphatic heterocycles. The number of anilines is 2. The lowest BCUT2D eigenvalue weighted by atomic mass is 9.97. The molecule has 0 aromatic heterocycles. The SMILES string of the molecule is O=C(Nc1ccc(Cl)cc1)Nc1ccc2c(c1)C(=O)N1CCCCC1CCO2. The van der Waals surface area contributed by atoms with E-state index in [1.807, 2.05) is 4.90 Å². The van der Waals surface area contributed by atoms with Crippen molar-refractivity contribution in [2.24, 2.45) is 0 Å². The van der Waals surface area contributed by atoms with Gasteiger partial charge in [-0.05, 0) is 61.7 Å². The number of nitrogens with zero attached hydrogens (tertiary/aromatic N) is 1. The first-order chi connectivity index (χ1) is 13.6. The first kappa shape index (κ1) is 18.6. The number of hydrogen-bond acceptors (Lipinski definition) is 3. The van der Waals surface area contributed by atoms with Crippen LogP contribution >= 0.6 is 11.6 Å². The third-order valence-electron chi connectivity index (χ3n) is 5.17. The fourth-order valence-electron chi connectivity index (χ4n) is 3.76. The molecule has 2 aliphatic rings. The van der Waals surface area contributed by atoms with Gasteiger partial charge in [0.15, 0.2) is 0 Å². The number of hydrogen-bond donors (Lipinski definition) is 2. The second kappa shape index (κ2) is 8.10. The molecule has 146 valence electrons. The number of carbonyl (C=O) groups excluding carboxylic acids is 2. The Labute approximate surface area is 168 Å². The van der Waals surface area contributed by atoms with Crippen LogP contribution in [0.4, 0.5) is 16.2 Å². The van der Waals surface area contributed by atoms with E-state index in [2.05, 4.69) is 10.6 Å². The van der Waals surface area contributed by atoms with E-state index < -0.39 is 6.03 Å². The average molecular weight is 400 g/mol. The average Bonchev–Trinajstić information content (AvgIpc) is 2.69. The van der Waals surface area contributed by atoms with Gasteiger partial charge in [-0.1, -0.05) is 11.6 Å². The number of ether oxygens (including phenoxy) is 1. The normalized spacial score (nSPS) is 18.8. The van der Waals surface area contributed by atoms with Gasteiger partial charge in [0.2, 0.25) is 0 Å². The number of halogens is 1. The van der Waals surface area contributed by atoms with E-state index >= 15 is 0 Å². The highest BCUT2D eigenvalue weighted by Crippen LogP contribution is 2.31. The van der Waals surface area contributed by atoms with Crippen LogP contribution in [0, 0.1) is 0 Å². The van der Waals surface area contributed by atoms with E-state index in [4.69, 9.17) is 16.3 Å². The fraction of sp³-hybridized carbons (Fsp3) is 0.333. The second-order valence-corrected chi connectivity index (χ2v) is 7.52. The Balaban J connectivity index is 1.51. The molecule has 1 fully saturated rings. The summed E-state index contributed by atoms with van der Waals surface area (Å²) in [6, 6.07) is 11.9. The van der Waals surface area contributed by atoms with Gasteiger partial charge in [-0.2, -0.15) is 0 Å². The van der Waals surface area contributed by atoms with Gasteiger partial charge in [0.1, 0.15) is 5.75 Å². The Hall–Kier alpha value is -2.73. The number of amides is 3. The maximum atomic E-state index is 13.1. The molecule has 28 heavy (non-hydrogen) atoms. The van der Waals surface area contributed by atoms with E-state index in [0.717, 1.165) is 32.2 Å². The Kier molecular flexibility index (Phi) is 5.39. The summed E-state index contributed by atoms with van der Waals surface area (Å²) >= 11 is 5.86.